The van der Waals surface area contributed by atoms with E-state index in [0.29, 0.717) is 18.8 Å². The highest BCUT2D eigenvalue weighted by atomic mass is 16.6. The number of nitrogens with zero attached hydrogens (tertiary/aromatic N) is 1. The summed E-state index contributed by atoms with van der Waals surface area (Å²) in [7, 11) is 0. The van der Waals surface area contributed by atoms with E-state index in [0.717, 1.165) is 6.07 Å². The number of anilines is 1. The van der Waals surface area contributed by atoms with E-state index >= 15 is 0 Å². The van der Waals surface area contributed by atoms with E-state index in [4.69, 9.17) is 11.5 Å². The lowest BCUT2D eigenvalue weighted by Gasteiger charge is -2.07. The molecule has 0 unspecified atom stereocenters. The molecular formula is C11H14N4O3. The van der Waals surface area contributed by atoms with Crippen LogP contribution in [-0.2, 0) is 0 Å². The van der Waals surface area contributed by atoms with Gasteiger partial charge in [0.25, 0.3) is 11.6 Å². The minimum Gasteiger partial charge on any atom is -0.381 e. The predicted octanol–water partition coefficient (Wildman–Crippen LogP) is 0.621. The lowest BCUT2D eigenvalue weighted by molar-refractivity contribution is -0.384. The number of nitro benzene ring substituents is 1. The van der Waals surface area contributed by atoms with Gasteiger partial charge in [0.15, 0.2) is 0 Å². The van der Waals surface area contributed by atoms with Crippen molar-refractivity contribution in [2.45, 2.75) is 0 Å². The Hall–Kier alpha value is -2.41. The molecule has 1 aromatic rings. The van der Waals surface area contributed by atoms with Crippen LogP contribution in [0.15, 0.2) is 30.4 Å². The number of carbonyl (C=O) groups is 1. The van der Waals surface area contributed by atoms with Crippen LogP contribution in [0.25, 0.3) is 0 Å². The summed E-state index contributed by atoms with van der Waals surface area (Å²) in [6.45, 7) is 0.875. The second-order valence-corrected chi connectivity index (χ2v) is 3.44. The number of hydrogen-bond acceptors (Lipinski definition) is 5. The van der Waals surface area contributed by atoms with Gasteiger partial charge in [-0.3, -0.25) is 14.9 Å². The van der Waals surface area contributed by atoms with Crippen molar-refractivity contribution >= 4 is 17.3 Å². The Balaban J connectivity index is 2.93. The molecule has 0 atom stereocenters. The smallest absolute Gasteiger partial charge is 0.270 e. The molecule has 0 aliphatic heterocycles. The Morgan fingerprint density at radius 1 is 1.44 bits per heavy atom. The van der Waals surface area contributed by atoms with Crippen molar-refractivity contribution in [3.05, 3.63) is 46.0 Å². The molecule has 5 N–H and O–H groups in total. The number of rotatable bonds is 6. The van der Waals surface area contributed by atoms with Crippen LogP contribution in [0.1, 0.15) is 10.4 Å². The fourth-order valence-electron chi connectivity index (χ4n) is 1.35. The van der Waals surface area contributed by atoms with Gasteiger partial charge < -0.3 is 16.8 Å². The minimum atomic E-state index is -0.719. The molecule has 1 aromatic carbocycles. The van der Waals surface area contributed by atoms with Crippen LogP contribution < -0.4 is 16.8 Å². The van der Waals surface area contributed by atoms with Gasteiger partial charge in [0, 0.05) is 30.9 Å². The van der Waals surface area contributed by atoms with Crippen molar-refractivity contribution in [2.24, 2.45) is 11.5 Å². The third kappa shape index (κ3) is 3.56. The molecule has 0 bridgehead atoms. The number of nitrogens with two attached hydrogens (primary N) is 2. The quantitative estimate of drug-likeness (QED) is 0.388. The molecule has 0 saturated heterocycles. The van der Waals surface area contributed by atoms with Gasteiger partial charge in [-0.2, -0.15) is 0 Å². The standard InChI is InChI=1S/C11H14N4O3/c12-5-1-2-6-14-10-4-3-8(15(17)18)7-9(10)11(13)16/h1-4,7,14H,5-6,12H2,(H2,13,16)/b2-1+. The van der Waals surface area contributed by atoms with Gasteiger partial charge in [0.1, 0.15) is 0 Å². The van der Waals surface area contributed by atoms with Crippen molar-refractivity contribution in [2.75, 3.05) is 18.4 Å². The maximum Gasteiger partial charge on any atom is 0.270 e. The number of amides is 1. The van der Waals surface area contributed by atoms with E-state index in [1.54, 1.807) is 12.2 Å². The number of nitrogens with one attached hydrogen (secondary N) is 1. The number of primary amides is 1. The molecule has 0 heterocycles. The SMILES string of the molecule is NC/C=C/CNc1ccc([N+](=O)[O-])cc1C(N)=O. The molecule has 1 amide bonds. The zero-order valence-electron chi connectivity index (χ0n) is 9.63. The van der Waals surface area contributed by atoms with Crippen LogP contribution in [0, 0.1) is 10.1 Å². The molecule has 0 aliphatic rings. The van der Waals surface area contributed by atoms with E-state index in [-0.39, 0.29) is 11.3 Å². The first kappa shape index (κ1) is 13.7. The summed E-state index contributed by atoms with van der Waals surface area (Å²) in [5, 5.41) is 13.5. The molecule has 0 spiro atoms. The molecule has 1 rings (SSSR count). The van der Waals surface area contributed by atoms with Gasteiger partial charge in [0.05, 0.1) is 10.5 Å². The molecule has 7 nitrogen and oxygen atoms in total. The van der Waals surface area contributed by atoms with E-state index < -0.39 is 10.8 Å². The molecule has 7 heteroatoms. The van der Waals surface area contributed by atoms with Crippen LogP contribution in [0.2, 0.25) is 0 Å². The monoisotopic (exact) mass is 250 g/mol. The zero-order chi connectivity index (χ0) is 13.5. The number of non-ortho nitro benzene ring substituents is 1. The number of hydrogen-bond donors (Lipinski definition) is 3. The molecule has 0 radical (unpaired) electrons. The topological polar surface area (TPSA) is 124 Å². The Morgan fingerprint density at radius 2 is 2.17 bits per heavy atom. The van der Waals surface area contributed by atoms with Gasteiger partial charge in [0.2, 0.25) is 0 Å². The van der Waals surface area contributed by atoms with Gasteiger partial charge >= 0.3 is 0 Å². The van der Waals surface area contributed by atoms with Crippen LogP contribution in [0.4, 0.5) is 11.4 Å². The normalized spacial score (nSPS) is 10.5. The average Bonchev–Trinajstić information content (AvgIpc) is 2.34. The maximum atomic E-state index is 11.2. The van der Waals surface area contributed by atoms with E-state index in [2.05, 4.69) is 5.32 Å². The third-order valence-electron chi connectivity index (χ3n) is 2.19. The van der Waals surface area contributed by atoms with Crippen molar-refractivity contribution in [1.82, 2.24) is 0 Å². The van der Waals surface area contributed by atoms with Gasteiger partial charge in [-0.15, -0.1) is 0 Å². The van der Waals surface area contributed by atoms with Crippen molar-refractivity contribution < 1.29 is 9.72 Å². The molecule has 18 heavy (non-hydrogen) atoms. The van der Waals surface area contributed by atoms with Crippen LogP contribution in [0.5, 0.6) is 0 Å². The Morgan fingerprint density at radius 3 is 2.72 bits per heavy atom. The summed E-state index contributed by atoms with van der Waals surface area (Å²) >= 11 is 0. The second-order valence-electron chi connectivity index (χ2n) is 3.44. The molecule has 96 valence electrons. The van der Waals surface area contributed by atoms with Crippen molar-refractivity contribution in [3.8, 4) is 0 Å². The highest BCUT2D eigenvalue weighted by Crippen LogP contribution is 2.21. The van der Waals surface area contributed by atoms with Crippen LogP contribution in [-0.4, -0.2) is 23.9 Å². The van der Waals surface area contributed by atoms with E-state index in [1.165, 1.54) is 12.1 Å². The van der Waals surface area contributed by atoms with Crippen molar-refractivity contribution in [3.63, 3.8) is 0 Å². The molecule has 0 saturated carbocycles. The zero-order valence-corrected chi connectivity index (χ0v) is 9.63. The first-order chi connectivity index (χ1) is 8.56. The number of nitro groups is 1. The summed E-state index contributed by atoms with van der Waals surface area (Å²) in [6.07, 6.45) is 3.54. The summed E-state index contributed by atoms with van der Waals surface area (Å²) in [4.78, 5) is 21.2. The molecule has 0 aliphatic carbocycles. The summed E-state index contributed by atoms with van der Waals surface area (Å²) in [5.41, 5.74) is 10.8. The molecule has 0 fully saturated rings. The second kappa shape index (κ2) is 6.36. The highest BCUT2D eigenvalue weighted by Gasteiger charge is 2.13. The van der Waals surface area contributed by atoms with Gasteiger partial charge in [-0.25, -0.2) is 0 Å². The molecular weight excluding hydrogens is 236 g/mol. The summed E-state index contributed by atoms with van der Waals surface area (Å²) < 4.78 is 0. The first-order valence-corrected chi connectivity index (χ1v) is 5.23. The van der Waals surface area contributed by atoms with E-state index in [9.17, 15) is 14.9 Å². The van der Waals surface area contributed by atoms with Gasteiger partial charge in [-0.1, -0.05) is 12.2 Å². The Kier molecular flexibility index (Phi) is 4.82. The van der Waals surface area contributed by atoms with E-state index in [1.807, 2.05) is 0 Å². The first-order valence-electron chi connectivity index (χ1n) is 5.23. The third-order valence-corrected chi connectivity index (χ3v) is 2.19. The predicted molar refractivity (Wildman–Crippen MR) is 68.3 cm³/mol. The van der Waals surface area contributed by atoms with Gasteiger partial charge in [-0.05, 0) is 6.07 Å². The molecule has 0 aromatic heterocycles. The fraction of sp³-hybridized carbons (Fsp3) is 0.182. The highest BCUT2D eigenvalue weighted by molar-refractivity contribution is 5.99. The van der Waals surface area contributed by atoms with Crippen LogP contribution in [0.3, 0.4) is 0 Å². The average molecular weight is 250 g/mol. The number of benzene rings is 1. The largest absolute Gasteiger partial charge is 0.381 e. The lowest BCUT2D eigenvalue weighted by atomic mass is 10.1. The summed E-state index contributed by atoms with van der Waals surface area (Å²) in [5.74, 6) is -0.719. The van der Waals surface area contributed by atoms with Crippen LogP contribution >= 0.6 is 0 Å². The lowest BCUT2D eigenvalue weighted by Crippen LogP contribution is -2.15. The maximum absolute atomic E-state index is 11.2. The summed E-state index contributed by atoms with van der Waals surface area (Å²) in [6, 6.07) is 3.91. The fourth-order valence-corrected chi connectivity index (χ4v) is 1.35. The Bertz CT molecular complexity index is 485. The Labute approximate surface area is 104 Å². The van der Waals surface area contributed by atoms with Crippen molar-refractivity contribution in [1.29, 1.82) is 0 Å². The minimum absolute atomic E-state index is 0.0883. The number of carbonyl (C=O) groups excluding carboxylic acids is 1.